The molecule has 0 aromatic carbocycles. The van der Waals surface area contributed by atoms with E-state index < -0.39 is 0 Å². The Morgan fingerprint density at radius 1 is 1.42 bits per heavy atom. The molecule has 1 atom stereocenters. The van der Waals surface area contributed by atoms with Gasteiger partial charge in [0.05, 0.1) is 0 Å². The van der Waals surface area contributed by atoms with Gasteiger partial charge in [0.2, 0.25) is 5.91 Å². The number of rotatable bonds is 5. The summed E-state index contributed by atoms with van der Waals surface area (Å²) in [7, 11) is 0. The highest BCUT2D eigenvalue weighted by Gasteiger charge is 2.59. The second kappa shape index (κ2) is 4.91. The van der Waals surface area contributed by atoms with E-state index in [-0.39, 0.29) is 11.7 Å². The van der Waals surface area contributed by atoms with Gasteiger partial charge in [-0.3, -0.25) is 10.1 Å². The zero-order valence-corrected chi connectivity index (χ0v) is 12.6. The summed E-state index contributed by atoms with van der Waals surface area (Å²) >= 11 is 1.80. The highest BCUT2D eigenvalue weighted by atomic mass is 32.1. The van der Waals surface area contributed by atoms with Crippen LogP contribution in [0.2, 0.25) is 0 Å². The first kappa shape index (κ1) is 13.1. The Hall–Kier alpha value is -0.870. The molecule has 104 valence electrons. The van der Waals surface area contributed by atoms with E-state index in [0.717, 1.165) is 25.8 Å². The van der Waals surface area contributed by atoms with Crippen molar-refractivity contribution in [2.75, 3.05) is 6.54 Å². The fraction of sp³-hybridized carbons (Fsp3) is 0.667. The van der Waals surface area contributed by atoms with Gasteiger partial charge in [0.25, 0.3) is 0 Å². The average Bonchev–Trinajstić information content (AvgIpc) is 2.98. The Morgan fingerprint density at radius 2 is 2.21 bits per heavy atom. The third-order valence-corrected chi connectivity index (χ3v) is 5.23. The van der Waals surface area contributed by atoms with Gasteiger partial charge >= 0.3 is 0 Å². The number of nitrogens with one attached hydrogen (secondary N) is 1. The molecule has 4 heteroatoms. The minimum Gasteiger partial charge on any atom is -0.320 e. The number of amides is 1. The van der Waals surface area contributed by atoms with Crippen LogP contribution in [0.1, 0.15) is 54.9 Å². The lowest BCUT2D eigenvalue weighted by Gasteiger charge is -2.23. The van der Waals surface area contributed by atoms with E-state index >= 15 is 0 Å². The van der Waals surface area contributed by atoms with Gasteiger partial charge in [-0.25, -0.2) is 0 Å². The smallest absolute Gasteiger partial charge is 0.244 e. The summed E-state index contributed by atoms with van der Waals surface area (Å²) in [6, 6.07) is 4.31. The van der Waals surface area contributed by atoms with E-state index in [1.807, 2.05) is 0 Å². The van der Waals surface area contributed by atoms with Crippen molar-refractivity contribution in [1.82, 2.24) is 10.2 Å². The van der Waals surface area contributed by atoms with Gasteiger partial charge in [-0.2, -0.15) is 0 Å². The van der Waals surface area contributed by atoms with Crippen LogP contribution in [0.15, 0.2) is 12.1 Å². The molecule has 2 fully saturated rings. The average molecular weight is 278 g/mol. The molecule has 19 heavy (non-hydrogen) atoms. The molecule has 1 saturated heterocycles. The zero-order valence-electron chi connectivity index (χ0n) is 11.7. The number of nitrogens with zero attached hydrogens (tertiary/aromatic N) is 1. The Kier molecular flexibility index (Phi) is 3.39. The second-order valence-corrected chi connectivity index (χ2v) is 7.10. The molecule has 2 aliphatic rings. The van der Waals surface area contributed by atoms with Gasteiger partial charge in [0, 0.05) is 16.3 Å². The number of hydrogen-bond acceptors (Lipinski definition) is 3. The lowest BCUT2D eigenvalue weighted by molar-refractivity contribution is -0.130. The quantitative estimate of drug-likeness (QED) is 0.839. The van der Waals surface area contributed by atoms with Crippen molar-refractivity contribution in [2.45, 2.75) is 57.7 Å². The van der Waals surface area contributed by atoms with Crippen molar-refractivity contribution in [1.29, 1.82) is 0 Å². The first-order valence-corrected chi connectivity index (χ1v) is 8.13. The second-order valence-electron chi connectivity index (χ2n) is 5.78. The molecule has 1 aromatic rings. The van der Waals surface area contributed by atoms with Crippen LogP contribution in [-0.4, -0.2) is 22.9 Å². The molecule has 0 bridgehead atoms. The van der Waals surface area contributed by atoms with E-state index in [0.29, 0.717) is 5.91 Å². The molecule has 1 aromatic heterocycles. The molecule has 1 aliphatic carbocycles. The van der Waals surface area contributed by atoms with Gasteiger partial charge in [-0.05, 0) is 38.3 Å². The lowest BCUT2D eigenvalue weighted by atomic mass is 10.2. The minimum absolute atomic E-state index is 0.116. The van der Waals surface area contributed by atoms with Crippen LogP contribution in [-0.2, 0) is 4.79 Å². The van der Waals surface area contributed by atoms with E-state index in [2.05, 4.69) is 36.2 Å². The predicted octanol–water partition coefficient (Wildman–Crippen LogP) is 3.21. The Labute approximate surface area is 119 Å². The first-order valence-electron chi connectivity index (χ1n) is 7.31. The Bertz CT molecular complexity index is 478. The minimum atomic E-state index is -0.200. The maximum Gasteiger partial charge on any atom is 0.244 e. The van der Waals surface area contributed by atoms with Crippen LogP contribution in [0.3, 0.4) is 0 Å². The molecule has 2 heterocycles. The van der Waals surface area contributed by atoms with Crippen LogP contribution in [0.25, 0.3) is 0 Å². The highest BCUT2D eigenvalue weighted by Crippen LogP contribution is 2.46. The van der Waals surface area contributed by atoms with Gasteiger partial charge in [-0.15, -0.1) is 11.3 Å². The fourth-order valence-corrected chi connectivity index (χ4v) is 3.81. The van der Waals surface area contributed by atoms with Gasteiger partial charge in [0.1, 0.15) is 11.7 Å². The summed E-state index contributed by atoms with van der Waals surface area (Å²) in [5.74, 6) is 0.333. The van der Waals surface area contributed by atoms with E-state index in [4.69, 9.17) is 0 Å². The molecule has 0 radical (unpaired) electrons. The van der Waals surface area contributed by atoms with Crippen molar-refractivity contribution in [2.24, 2.45) is 0 Å². The van der Waals surface area contributed by atoms with Crippen LogP contribution in [0.4, 0.5) is 0 Å². The van der Waals surface area contributed by atoms with Crippen LogP contribution in [0.5, 0.6) is 0 Å². The molecule has 1 unspecified atom stereocenters. The number of aryl methyl sites for hydroxylation is 1. The van der Waals surface area contributed by atoms with Crippen molar-refractivity contribution >= 4 is 17.2 Å². The van der Waals surface area contributed by atoms with Crippen LogP contribution in [0, 0.1) is 6.92 Å². The molecule has 3 nitrogen and oxygen atoms in total. The predicted molar refractivity (Wildman–Crippen MR) is 78.1 cm³/mol. The maximum absolute atomic E-state index is 12.5. The Balaban J connectivity index is 1.78. The topological polar surface area (TPSA) is 32.3 Å². The lowest BCUT2D eigenvalue weighted by Crippen LogP contribution is -2.32. The summed E-state index contributed by atoms with van der Waals surface area (Å²) < 4.78 is 0. The highest BCUT2D eigenvalue weighted by molar-refractivity contribution is 7.12. The van der Waals surface area contributed by atoms with E-state index in [9.17, 15) is 4.79 Å². The van der Waals surface area contributed by atoms with Gasteiger partial charge < -0.3 is 4.90 Å². The summed E-state index contributed by atoms with van der Waals surface area (Å²) in [5, 5.41) is 3.58. The molecule has 3 rings (SSSR count). The summed E-state index contributed by atoms with van der Waals surface area (Å²) in [6.45, 7) is 5.22. The zero-order chi connectivity index (χ0) is 13.5. The number of thiophene rings is 1. The fourth-order valence-electron chi connectivity index (χ4n) is 2.86. The SMILES string of the molecule is CCCCCN1C(=O)C2(CC2)NC1c1ccc(C)s1. The normalized spacial score (nSPS) is 24.4. The number of carbonyl (C=O) groups is 1. The van der Waals surface area contributed by atoms with E-state index in [1.165, 1.54) is 22.6 Å². The third-order valence-electron chi connectivity index (χ3n) is 4.18. The summed E-state index contributed by atoms with van der Waals surface area (Å²) in [5.41, 5.74) is -0.200. The monoisotopic (exact) mass is 278 g/mol. The molecule has 1 aliphatic heterocycles. The van der Waals surface area contributed by atoms with Gasteiger partial charge in [0.15, 0.2) is 0 Å². The molecular weight excluding hydrogens is 256 g/mol. The molecule has 1 amide bonds. The van der Waals surface area contributed by atoms with Crippen LogP contribution >= 0.6 is 11.3 Å². The number of carbonyl (C=O) groups excluding carboxylic acids is 1. The molecule has 1 N–H and O–H groups in total. The van der Waals surface area contributed by atoms with Crippen molar-refractivity contribution in [3.8, 4) is 0 Å². The van der Waals surface area contributed by atoms with Crippen LogP contribution < -0.4 is 5.32 Å². The summed E-state index contributed by atoms with van der Waals surface area (Å²) in [6.07, 6.45) is 5.65. The Morgan fingerprint density at radius 3 is 2.79 bits per heavy atom. The molecule has 1 spiro atoms. The third kappa shape index (κ3) is 2.32. The van der Waals surface area contributed by atoms with Crippen molar-refractivity contribution in [3.05, 3.63) is 21.9 Å². The number of hydrogen-bond donors (Lipinski definition) is 1. The van der Waals surface area contributed by atoms with Gasteiger partial charge in [-0.1, -0.05) is 19.8 Å². The standard InChI is InChI=1S/C15H22N2OS/c1-3-4-5-10-17-13(12-7-6-11(2)19-12)16-15(8-9-15)14(17)18/h6-7,13,16H,3-5,8-10H2,1-2H3. The molecule has 1 saturated carbocycles. The first-order chi connectivity index (χ1) is 9.16. The number of unbranched alkanes of at least 4 members (excludes halogenated alkanes) is 2. The van der Waals surface area contributed by atoms with Crippen molar-refractivity contribution in [3.63, 3.8) is 0 Å². The van der Waals surface area contributed by atoms with E-state index in [1.54, 1.807) is 11.3 Å². The molecular formula is C15H22N2OS. The maximum atomic E-state index is 12.5. The largest absolute Gasteiger partial charge is 0.320 e. The summed E-state index contributed by atoms with van der Waals surface area (Å²) in [4.78, 5) is 17.2. The van der Waals surface area contributed by atoms with Crippen molar-refractivity contribution < 1.29 is 4.79 Å².